The first kappa shape index (κ1) is 16.5. The highest BCUT2D eigenvalue weighted by Crippen LogP contribution is 2.30. The van der Waals surface area contributed by atoms with Gasteiger partial charge in [-0.05, 0) is 18.9 Å². The van der Waals surface area contributed by atoms with Crippen LogP contribution in [0.4, 0.5) is 0 Å². The zero-order valence-electron chi connectivity index (χ0n) is 13.4. The molecule has 0 aromatic carbocycles. The maximum absolute atomic E-state index is 10.6. The molecule has 2 rings (SSSR count). The van der Waals surface area contributed by atoms with Gasteiger partial charge in [-0.25, -0.2) is 0 Å². The second-order valence-electron chi connectivity index (χ2n) is 5.86. The maximum Gasteiger partial charge on any atom is 0.0983 e. The molecule has 1 unspecified atom stereocenters. The highest BCUT2D eigenvalue weighted by Gasteiger charge is 2.40. The lowest BCUT2D eigenvalue weighted by molar-refractivity contribution is -0.151. The van der Waals surface area contributed by atoms with E-state index in [-0.39, 0.29) is 0 Å². The Bertz CT molecular complexity index is 423. The Morgan fingerprint density at radius 3 is 2.62 bits per heavy atom. The summed E-state index contributed by atoms with van der Waals surface area (Å²) in [5.74, 6) is 0. The van der Waals surface area contributed by atoms with Crippen LogP contribution in [0.25, 0.3) is 0 Å². The molecule has 0 amide bonds. The van der Waals surface area contributed by atoms with E-state index in [0.717, 1.165) is 31.4 Å². The predicted molar refractivity (Wildman–Crippen MR) is 81.3 cm³/mol. The van der Waals surface area contributed by atoms with Gasteiger partial charge < -0.3 is 14.6 Å². The minimum Gasteiger partial charge on any atom is -0.390 e. The van der Waals surface area contributed by atoms with Crippen molar-refractivity contribution in [1.29, 1.82) is 0 Å². The summed E-state index contributed by atoms with van der Waals surface area (Å²) in [5.41, 5.74) is 0.439. The van der Waals surface area contributed by atoms with Crippen molar-refractivity contribution in [1.82, 2.24) is 9.78 Å². The van der Waals surface area contributed by atoms with Gasteiger partial charge >= 0.3 is 0 Å². The van der Waals surface area contributed by atoms with Crippen molar-refractivity contribution in [3.8, 4) is 0 Å². The molecule has 5 nitrogen and oxygen atoms in total. The number of nitrogens with zero attached hydrogens (tertiary/aromatic N) is 2. The van der Waals surface area contributed by atoms with E-state index in [1.807, 2.05) is 16.9 Å². The third kappa shape index (κ3) is 3.65. The Labute approximate surface area is 127 Å². The highest BCUT2D eigenvalue weighted by atomic mass is 16.5. The lowest BCUT2D eigenvalue weighted by Gasteiger charge is -2.39. The lowest BCUT2D eigenvalue weighted by Crippen LogP contribution is -2.49. The fraction of sp³-hybridized carbons (Fsp3) is 0.812. The van der Waals surface area contributed by atoms with E-state index >= 15 is 0 Å². The van der Waals surface area contributed by atoms with Crippen molar-refractivity contribution in [2.45, 2.75) is 63.7 Å². The van der Waals surface area contributed by atoms with E-state index in [1.54, 1.807) is 7.11 Å². The molecule has 1 aliphatic heterocycles. The number of hydrogen-bond donors (Lipinski definition) is 1. The second-order valence-corrected chi connectivity index (χ2v) is 5.86. The molecular weight excluding hydrogens is 268 g/mol. The predicted octanol–water partition coefficient (Wildman–Crippen LogP) is 2.34. The molecule has 1 saturated heterocycles. The zero-order chi connectivity index (χ0) is 15.3. The number of aliphatic hydroxyl groups is 1. The normalized spacial score (nSPS) is 19.9. The summed E-state index contributed by atoms with van der Waals surface area (Å²) in [5, 5.41) is 15.2. The van der Waals surface area contributed by atoms with E-state index in [2.05, 4.69) is 18.9 Å². The molecule has 1 fully saturated rings. The zero-order valence-corrected chi connectivity index (χ0v) is 13.4. The molecule has 0 aliphatic carbocycles. The minimum absolute atomic E-state index is 0.440. The molecule has 1 atom stereocenters. The Balaban J connectivity index is 2.03. The fourth-order valence-electron chi connectivity index (χ4n) is 3.13. The summed E-state index contributed by atoms with van der Waals surface area (Å²) < 4.78 is 13.0. The van der Waals surface area contributed by atoms with Gasteiger partial charge in [0.1, 0.15) is 0 Å². The van der Waals surface area contributed by atoms with Crippen molar-refractivity contribution in [2.75, 3.05) is 20.3 Å². The number of aliphatic hydroxyl groups excluding tert-OH is 1. The van der Waals surface area contributed by atoms with Gasteiger partial charge in [0, 0.05) is 45.8 Å². The second kappa shape index (κ2) is 7.38. The van der Waals surface area contributed by atoms with Gasteiger partial charge in [-0.15, -0.1) is 0 Å². The summed E-state index contributed by atoms with van der Waals surface area (Å²) in [6, 6.07) is 2.44. The first-order valence-corrected chi connectivity index (χ1v) is 8.00. The molecule has 120 valence electrons. The molecule has 5 heteroatoms. The number of methoxy groups -OCH3 is 1. The Morgan fingerprint density at radius 2 is 2.05 bits per heavy atom. The number of rotatable bonds is 7. The van der Waals surface area contributed by atoms with Crippen molar-refractivity contribution in [2.24, 2.45) is 0 Å². The van der Waals surface area contributed by atoms with Crippen LogP contribution in [0.5, 0.6) is 0 Å². The Kier molecular flexibility index (Phi) is 5.79. The third-order valence-corrected chi connectivity index (χ3v) is 4.74. The molecule has 0 spiro atoms. The van der Waals surface area contributed by atoms with Gasteiger partial charge in [0.2, 0.25) is 0 Å². The van der Waals surface area contributed by atoms with Gasteiger partial charge in [-0.3, -0.25) is 4.68 Å². The van der Waals surface area contributed by atoms with Crippen LogP contribution in [-0.4, -0.2) is 46.9 Å². The molecule has 1 aromatic rings. The van der Waals surface area contributed by atoms with Gasteiger partial charge in [-0.1, -0.05) is 13.8 Å². The minimum atomic E-state index is -0.545. The first-order chi connectivity index (χ1) is 10.1. The maximum atomic E-state index is 10.6. The van der Waals surface area contributed by atoms with Crippen LogP contribution in [0.3, 0.4) is 0 Å². The summed E-state index contributed by atoms with van der Waals surface area (Å²) in [6.45, 7) is 5.64. The van der Waals surface area contributed by atoms with Crippen LogP contribution < -0.4 is 0 Å². The molecule has 0 bridgehead atoms. The quantitative estimate of drug-likeness (QED) is 0.839. The third-order valence-electron chi connectivity index (χ3n) is 4.74. The molecule has 21 heavy (non-hydrogen) atoms. The average molecular weight is 296 g/mol. The number of hydrogen-bond acceptors (Lipinski definition) is 4. The van der Waals surface area contributed by atoms with Crippen LogP contribution in [-0.2, 0) is 15.9 Å². The Morgan fingerprint density at radius 1 is 1.38 bits per heavy atom. The molecule has 0 radical (unpaired) electrons. The van der Waals surface area contributed by atoms with Crippen LogP contribution in [0, 0.1) is 0 Å². The van der Waals surface area contributed by atoms with Crippen LogP contribution in [0.2, 0.25) is 0 Å². The molecular formula is C16H28N2O3. The smallest absolute Gasteiger partial charge is 0.0983 e. The van der Waals surface area contributed by atoms with E-state index in [4.69, 9.17) is 9.47 Å². The molecule has 1 aromatic heterocycles. The van der Waals surface area contributed by atoms with Gasteiger partial charge in [0.15, 0.2) is 0 Å². The first-order valence-electron chi connectivity index (χ1n) is 8.00. The average Bonchev–Trinajstić information content (AvgIpc) is 2.97. The summed E-state index contributed by atoms with van der Waals surface area (Å²) in [7, 11) is 1.68. The number of ether oxygens (including phenoxy) is 2. The molecule has 0 saturated carbocycles. The summed E-state index contributed by atoms with van der Waals surface area (Å²) in [4.78, 5) is 0. The van der Waals surface area contributed by atoms with Crippen LogP contribution in [0.15, 0.2) is 12.3 Å². The van der Waals surface area contributed by atoms with Crippen LogP contribution >= 0.6 is 0 Å². The molecule has 1 N–H and O–H groups in total. The summed E-state index contributed by atoms with van der Waals surface area (Å²) in [6.07, 6.45) is 5.61. The van der Waals surface area contributed by atoms with Crippen molar-refractivity contribution in [3.63, 3.8) is 0 Å². The van der Waals surface area contributed by atoms with E-state index in [1.165, 1.54) is 0 Å². The topological polar surface area (TPSA) is 56.5 Å². The van der Waals surface area contributed by atoms with Crippen LogP contribution in [0.1, 0.15) is 51.3 Å². The standard InChI is InChI=1S/C16H28N2O3/c1-4-14(5-2)18-9-6-13(17-18)12-15(19)16(20-3)7-10-21-11-8-16/h6,9,14-15,19H,4-5,7-8,10-12H2,1-3H3. The fourth-order valence-corrected chi connectivity index (χ4v) is 3.13. The van der Waals surface area contributed by atoms with Gasteiger partial charge in [0.05, 0.1) is 23.4 Å². The molecule has 1 aliphatic rings. The largest absolute Gasteiger partial charge is 0.390 e. The van der Waals surface area contributed by atoms with E-state index in [0.29, 0.717) is 25.7 Å². The summed E-state index contributed by atoms with van der Waals surface area (Å²) >= 11 is 0. The van der Waals surface area contributed by atoms with Gasteiger partial charge in [-0.2, -0.15) is 5.10 Å². The molecule has 2 heterocycles. The Hall–Kier alpha value is -0.910. The van der Waals surface area contributed by atoms with Gasteiger partial charge in [0.25, 0.3) is 0 Å². The SMILES string of the molecule is CCC(CC)n1ccc(CC(O)C2(OC)CCOCC2)n1. The van der Waals surface area contributed by atoms with E-state index < -0.39 is 11.7 Å². The van der Waals surface area contributed by atoms with Crippen molar-refractivity contribution < 1.29 is 14.6 Å². The van der Waals surface area contributed by atoms with Crippen molar-refractivity contribution >= 4 is 0 Å². The highest BCUT2D eigenvalue weighted by molar-refractivity contribution is 5.05. The monoisotopic (exact) mass is 296 g/mol. The van der Waals surface area contributed by atoms with Crippen molar-refractivity contribution in [3.05, 3.63) is 18.0 Å². The number of aromatic nitrogens is 2. The van der Waals surface area contributed by atoms with E-state index in [9.17, 15) is 5.11 Å². The lowest BCUT2D eigenvalue weighted by atomic mass is 9.85.